The Balaban J connectivity index is 1.54. The maximum atomic E-state index is 5.46. The molecule has 1 aromatic rings. The molecular formula is C17H27N5O. The van der Waals surface area contributed by atoms with Crippen molar-refractivity contribution < 1.29 is 4.74 Å². The van der Waals surface area contributed by atoms with Gasteiger partial charge in [-0.1, -0.05) is 6.07 Å². The lowest BCUT2D eigenvalue weighted by atomic mass is 10.2. The smallest absolute Gasteiger partial charge is 0.194 e. The predicted octanol–water partition coefficient (Wildman–Crippen LogP) is 0.872. The van der Waals surface area contributed by atoms with Crippen LogP contribution in [0.3, 0.4) is 0 Å². The number of rotatable bonds is 3. The van der Waals surface area contributed by atoms with Crippen molar-refractivity contribution in [3.63, 3.8) is 0 Å². The Bertz CT molecular complexity index is 542. The number of morpholine rings is 1. The van der Waals surface area contributed by atoms with E-state index in [0.717, 1.165) is 57.6 Å². The number of aromatic nitrogens is 1. The van der Waals surface area contributed by atoms with Gasteiger partial charge in [0.15, 0.2) is 5.96 Å². The van der Waals surface area contributed by atoms with Crippen molar-refractivity contribution in [2.45, 2.75) is 25.9 Å². The lowest BCUT2D eigenvalue weighted by molar-refractivity contribution is 0.0195. The van der Waals surface area contributed by atoms with Crippen molar-refractivity contribution >= 4 is 5.96 Å². The Kier molecular flexibility index (Phi) is 5.46. The van der Waals surface area contributed by atoms with Crippen LogP contribution >= 0.6 is 0 Å². The number of aliphatic imine (C=N–C) groups is 1. The molecule has 1 unspecified atom stereocenters. The van der Waals surface area contributed by atoms with Gasteiger partial charge in [0.05, 0.1) is 25.5 Å². The summed E-state index contributed by atoms with van der Waals surface area (Å²) in [6.07, 6.45) is 3.04. The van der Waals surface area contributed by atoms with E-state index in [9.17, 15) is 0 Å². The normalized spacial score (nSPS) is 23.3. The van der Waals surface area contributed by atoms with Gasteiger partial charge in [0, 0.05) is 45.5 Å². The number of hydrogen-bond donors (Lipinski definition) is 1. The number of hydrogen-bond acceptors (Lipinski definition) is 4. The van der Waals surface area contributed by atoms with Gasteiger partial charge in [-0.05, 0) is 25.0 Å². The van der Waals surface area contributed by atoms with Crippen LogP contribution in [0.25, 0.3) is 0 Å². The van der Waals surface area contributed by atoms with Gasteiger partial charge in [-0.3, -0.25) is 14.9 Å². The zero-order valence-corrected chi connectivity index (χ0v) is 14.2. The summed E-state index contributed by atoms with van der Waals surface area (Å²) in [6, 6.07) is 4.69. The third-order valence-corrected chi connectivity index (χ3v) is 4.77. The largest absolute Gasteiger partial charge is 0.379 e. The highest BCUT2D eigenvalue weighted by Gasteiger charge is 2.30. The molecule has 0 spiro atoms. The summed E-state index contributed by atoms with van der Waals surface area (Å²) >= 11 is 0. The lowest BCUT2D eigenvalue weighted by Gasteiger charge is -2.32. The fourth-order valence-corrected chi connectivity index (χ4v) is 3.37. The second-order valence-electron chi connectivity index (χ2n) is 6.20. The lowest BCUT2D eigenvalue weighted by Crippen LogP contribution is -2.46. The molecular weight excluding hydrogens is 290 g/mol. The first kappa shape index (κ1) is 16.2. The summed E-state index contributed by atoms with van der Waals surface area (Å²) in [5, 5.41) is 3.46. The van der Waals surface area contributed by atoms with Crippen LogP contribution in [-0.2, 0) is 11.3 Å². The number of nitrogens with one attached hydrogen (secondary N) is 1. The van der Waals surface area contributed by atoms with E-state index in [4.69, 9.17) is 4.74 Å². The van der Waals surface area contributed by atoms with Crippen molar-refractivity contribution in [2.24, 2.45) is 4.99 Å². The van der Waals surface area contributed by atoms with E-state index in [1.165, 1.54) is 12.0 Å². The maximum Gasteiger partial charge on any atom is 0.194 e. The molecule has 1 aromatic heterocycles. The number of pyridine rings is 1. The zero-order valence-electron chi connectivity index (χ0n) is 14.2. The van der Waals surface area contributed by atoms with Gasteiger partial charge in [-0.25, -0.2) is 0 Å². The molecule has 23 heavy (non-hydrogen) atoms. The van der Waals surface area contributed by atoms with E-state index in [1.807, 2.05) is 19.3 Å². The quantitative estimate of drug-likeness (QED) is 0.662. The Hall–Kier alpha value is -1.66. The highest BCUT2D eigenvalue weighted by molar-refractivity contribution is 5.80. The molecule has 2 aliphatic rings. The van der Waals surface area contributed by atoms with Gasteiger partial charge < -0.3 is 15.0 Å². The molecule has 1 atom stereocenters. The van der Waals surface area contributed by atoms with Crippen LogP contribution in [0, 0.1) is 6.92 Å². The number of ether oxygens (including phenoxy) is 1. The van der Waals surface area contributed by atoms with Crippen molar-refractivity contribution in [2.75, 3.05) is 46.4 Å². The van der Waals surface area contributed by atoms with Crippen LogP contribution in [0.2, 0.25) is 0 Å². The maximum absolute atomic E-state index is 5.46. The summed E-state index contributed by atoms with van der Waals surface area (Å²) in [4.78, 5) is 13.8. The first-order valence-corrected chi connectivity index (χ1v) is 8.46. The fourth-order valence-electron chi connectivity index (χ4n) is 3.37. The van der Waals surface area contributed by atoms with E-state index in [-0.39, 0.29) is 0 Å². The number of aryl methyl sites for hydroxylation is 1. The van der Waals surface area contributed by atoms with Crippen molar-refractivity contribution in [1.82, 2.24) is 20.1 Å². The molecule has 2 aliphatic heterocycles. The van der Waals surface area contributed by atoms with E-state index in [1.54, 1.807) is 0 Å². The van der Waals surface area contributed by atoms with Crippen LogP contribution in [0.15, 0.2) is 23.3 Å². The van der Waals surface area contributed by atoms with E-state index in [0.29, 0.717) is 6.04 Å². The topological polar surface area (TPSA) is 53.0 Å². The highest BCUT2D eigenvalue weighted by atomic mass is 16.5. The van der Waals surface area contributed by atoms with Gasteiger partial charge in [0.1, 0.15) is 0 Å². The highest BCUT2D eigenvalue weighted by Crippen LogP contribution is 2.17. The molecule has 0 aromatic carbocycles. The van der Waals surface area contributed by atoms with Crippen LogP contribution in [0.1, 0.15) is 17.7 Å². The van der Waals surface area contributed by atoms with Gasteiger partial charge in [-0.2, -0.15) is 0 Å². The molecule has 0 radical (unpaired) electrons. The third kappa shape index (κ3) is 4.00. The molecule has 0 bridgehead atoms. The molecule has 6 heteroatoms. The molecule has 2 saturated heterocycles. The molecule has 3 rings (SSSR count). The SMILES string of the molecule is CN=C(NCc1ncccc1C)N1CCC(N2CCOCC2)C1. The summed E-state index contributed by atoms with van der Waals surface area (Å²) in [6.45, 7) is 8.75. The summed E-state index contributed by atoms with van der Waals surface area (Å²) < 4.78 is 5.46. The summed E-state index contributed by atoms with van der Waals surface area (Å²) in [5.41, 5.74) is 2.29. The predicted molar refractivity (Wildman–Crippen MR) is 91.5 cm³/mol. The van der Waals surface area contributed by atoms with Gasteiger partial charge >= 0.3 is 0 Å². The third-order valence-electron chi connectivity index (χ3n) is 4.77. The Morgan fingerprint density at radius 3 is 2.96 bits per heavy atom. The monoisotopic (exact) mass is 317 g/mol. The minimum Gasteiger partial charge on any atom is -0.379 e. The average molecular weight is 317 g/mol. The van der Waals surface area contributed by atoms with E-state index in [2.05, 4.69) is 38.1 Å². The van der Waals surface area contributed by atoms with Crippen molar-refractivity contribution in [3.8, 4) is 0 Å². The fraction of sp³-hybridized carbons (Fsp3) is 0.647. The minimum absolute atomic E-state index is 0.619. The Morgan fingerprint density at radius 2 is 2.22 bits per heavy atom. The molecule has 0 amide bonds. The molecule has 0 saturated carbocycles. The summed E-state index contributed by atoms with van der Waals surface area (Å²) in [5.74, 6) is 0.978. The van der Waals surface area contributed by atoms with E-state index < -0.39 is 0 Å². The summed E-state index contributed by atoms with van der Waals surface area (Å²) in [7, 11) is 1.86. The minimum atomic E-state index is 0.619. The number of nitrogens with zero attached hydrogens (tertiary/aromatic N) is 4. The van der Waals surface area contributed by atoms with Gasteiger partial charge in [0.2, 0.25) is 0 Å². The number of likely N-dealkylation sites (tertiary alicyclic amines) is 1. The van der Waals surface area contributed by atoms with Crippen LogP contribution in [0.4, 0.5) is 0 Å². The van der Waals surface area contributed by atoms with E-state index >= 15 is 0 Å². The van der Waals surface area contributed by atoms with Crippen molar-refractivity contribution in [1.29, 1.82) is 0 Å². The molecule has 2 fully saturated rings. The zero-order chi connectivity index (χ0) is 16.1. The second kappa shape index (κ2) is 7.75. The standard InChI is InChI=1S/C17H27N5O/c1-14-4-3-6-19-16(14)12-20-17(18-2)22-7-5-15(13-22)21-8-10-23-11-9-21/h3-4,6,15H,5,7-13H2,1-2H3,(H,18,20). The first-order valence-electron chi connectivity index (χ1n) is 8.46. The van der Waals surface area contributed by atoms with Gasteiger partial charge in [0.25, 0.3) is 0 Å². The Labute approximate surface area is 138 Å². The van der Waals surface area contributed by atoms with Crippen LogP contribution in [-0.4, -0.2) is 73.2 Å². The Morgan fingerprint density at radius 1 is 1.39 bits per heavy atom. The number of guanidine groups is 1. The molecule has 0 aliphatic carbocycles. The van der Waals surface area contributed by atoms with Crippen molar-refractivity contribution in [3.05, 3.63) is 29.6 Å². The molecule has 6 nitrogen and oxygen atoms in total. The average Bonchev–Trinajstić information content (AvgIpc) is 3.08. The molecule has 126 valence electrons. The second-order valence-corrected chi connectivity index (χ2v) is 6.20. The van der Waals surface area contributed by atoms with Crippen LogP contribution < -0.4 is 5.32 Å². The van der Waals surface area contributed by atoms with Gasteiger partial charge in [-0.15, -0.1) is 0 Å². The van der Waals surface area contributed by atoms with Crippen LogP contribution in [0.5, 0.6) is 0 Å². The molecule has 3 heterocycles. The first-order chi connectivity index (χ1) is 11.3. The molecule has 1 N–H and O–H groups in total.